The van der Waals surface area contributed by atoms with E-state index in [1.54, 1.807) is 13.0 Å². The van der Waals surface area contributed by atoms with Crippen molar-refractivity contribution in [3.8, 4) is 11.1 Å². The van der Waals surface area contributed by atoms with Gasteiger partial charge in [0.05, 0.1) is 0 Å². The highest BCUT2D eigenvalue weighted by Crippen LogP contribution is 2.21. The van der Waals surface area contributed by atoms with Crippen molar-refractivity contribution in [3.63, 3.8) is 0 Å². The molecule has 0 nitrogen and oxygen atoms in total. The highest BCUT2D eigenvalue weighted by molar-refractivity contribution is 5.64. The first-order valence-corrected chi connectivity index (χ1v) is 6.00. The van der Waals surface area contributed by atoms with E-state index in [-0.39, 0.29) is 5.82 Å². The number of benzene rings is 2. The summed E-state index contributed by atoms with van der Waals surface area (Å²) in [6.45, 7) is 7.81. The molecule has 2 aromatic rings. The third-order valence-electron chi connectivity index (χ3n) is 2.56. The maximum atomic E-state index is 13.3. The molecule has 17 heavy (non-hydrogen) atoms. The Kier molecular flexibility index (Phi) is 4.89. The molecule has 0 N–H and O–H groups in total. The predicted molar refractivity (Wildman–Crippen MR) is 72.7 cm³/mol. The monoisotopic (exact) mass is 230 g/mol. The van der Waals surface area contributed by atoms with Crippen LogP contribution in [0.3, 0.4) is 0 Å². The third kappa shape index (κ3) is 3.42. The van der Waals surface area contributed by atoms with Gasteiger partial charge in [-0.05, 0) is 36.6 Å². The maximum Gasteiger partial charge on any atom is 0.126 e. The van der Waals surface area contributed by atoms with Crippen molar-refractivity contribution in [2.45, 2.75) is 27.7 Å². The summed E-state index contributed by atoms with van der Waals surface area (Å²) >= 11 is 0. The van der Waals surface area contributed by atoms with Crippen molar-refractivity contribution in [1.29, 1.82) is 0 Å². The smallest absolute Gasteiger partial charge is 0.126 e. The van der Waals surface area contributed by atoms with Crippen molar-refractivity contribution in [2.75, 3.05) is 0 Å². The van der Waals surface area contributed by atoms with Gasteiger partial charge in [-0.2, -0.15) is 0 Å². The second-order valence-electron chi connectivity index (χ2n) is 3.83. The average Bonchev–Trinajstić information content (AvgIpc) is 2.36. The maximum absolute atomic E-state index is 13.3. The Morgan fingerprint density at radius 3 is 1.82 bits per heavy atom. The number of hydrogen-bond donors (Lipinski definition) is 0. The highest BCUT2D eigenvalue weighted by atomic mass is 19.1. The van der Waals surface area contributed by atoms with Crippen molar-refractivity contribution < 1.29 is 4.39 Å². The Hall–Kier alpha value is -1.63. The zero-order chi connectivity index (χ0) is 12.8. The number of aryl methyl sites for hydroxylation is 2. The molecular formula is C16H19F. The summed E-state index contributed by atoms with van der Waals surface area (Å²) in [6.07, 6.45) is 0. The zero-order valence-corrected chi connectivity index (χ0v) is 10.9. The lowest BCUT2D eigenvalue weighted by Gasteiger charge is -2.03. The molecule has 0 radical (unpaired) electrons. The van der Waals surface area contributed by atoms with Gasteiger partial charge in [-0.15, -0.1) is 0 Å². The molecule has 0 aliphatic carbocycles. The van der Waals surface area contributed by atoms with Crippen molar-refractivity contribution >= 4 is 0 Å². The molecule has 0 atom stereocenters. The summed E-state index contributed by atoms with van der Waals surface area (Å²) in [6, 6.07) is 13.4. The van der Waals surface area contributed by atoms with Gasteiger partial charge in [-0.3, -0.25) is 0 Å². The molecule has 2 rings (SSSR count). The van der Waals surface area contributed by atoms with Gasteiger partial charge in [-0.1, -0.05) is 55.8 Å². The van der Waals surface area contributed by atoms with Crippen LogP contribution in [0.4, 0.5) is 4.39 Å². The van der Waals surface area contributed by atoms with E-state index < -0.39 is 0 Å². The topological polar surface area (TPSA) is 0 Å². The molecule has 0 bridgehead atoms. The average molecular weight is 230 g/mol. The summed E-state index contributed by atoms with van der Waals surface area (Å²) in [5.74, 6) is -0.145. The minimum Gasteiger partial charge on any atom is -0.207 e. The molecule has 0 amide bonds. The molecule has 0 fully saturated rings. The summed E-state index contributed by atoms with van der Waals surface area (Å²) in [5.41, 5.74) is 3.88. The van der Waals surface area contributed by atoms with Crippen LogP contribution in [0.5, 0.6) is 0 Å². The first-order chi connectivity index (χ1) is 8.16. The van der Waals surface area contributed by atoms with Gasteiger partial charge in [-0.25, -0.2) is 4.39 Å². The van der Waals surface area contributed by atoms with Crippen molar-refractivity contribution in [2.24, 2.45) is 0 Å². The quantitative estimate of drug-likeness (QED) is 0.636. The summed E-state index contributed by atoms with van der Waals surface area (Å²) in [4.78, 5) is 0. The Morgan fingerprint density at radius 2 is 1.29 bits per heavy atom. The fraction of sp³-hybridized carbons (Fsp3) is 0.250. The summed E-state index contributed by atoms with van der Waals surface area (Å²) in [7, 11) is 0. The number of halogens is 1. The zero-order valence-electron chi connectivity index (χ0n) is 10.9. The Bertz CT molecular complexity index is 469. The second kappa shape index (κ2) is 6.19. The fourth-order valence-corrected chi connectivity index (χ4v) is 1.52. The van der Waals surface area contributed by atoms with Crippen LogP contribution >= 0.6 is 0 Å². The molecule has 0 spiro atoms. The molecule has 0 unspecified atom stereocenters. The molecule has 0 aromatic heterocycles. The fourth-order valence-electron chi connectivity index (χ4n) is 1.52. The standard InChI is InChI=1S/C14H13F.C2H6/c1-10-3-6-12(7-4-10)13-8-5-11(2)14(15)9-13;1-2/h3-9H,1-2H3;1-2H3. The van der Waals surface area contributed by atoms with E-state index in [0.717, 1.165) is 11.1 Å². The Labute approximate surface area is 103 Å². The van der Waals surface area contributed by atoms with Crippen LogP contribution in [-0.4, -0.2) is 0 Å². The molecule has 90 valence electrons. The van der Waals surface area contributed by atoms with Crippen LogP contribution in [0.15, 0.2) is 42.5 Å². The van der Waals surface area contributed by atoms with Crippen LogP contribution in [0.2, 0.25) is 0 Å². The lowest BCUT2D eigenvalue weighted by atomic mass is 10.0. The molecule has 0 heterocycles. The highest BCUT2D eigenvalue weighted by Gasteiger charge is 2.01. The van der Waals surface area contributed by atoms with Crippen LogP contribution in [0, 0.1) is 19.7 Å². The summed E-state index contributed by atoms with van der Waals surface area (Å²) in [5, 5.41) is 0. The molecular weight excluding hydrogens is 211 g/mol. The van der Waals surface area contributed by atoms with Crippen LogP contribution < -0.4 is 0 Å². The van der Waals surface area contributed by atoms with E-state index in [1.807, 2.05) is 57.2 Å². The molecule has 0 aliphatic rings. The van der Waals surface area contributed by atoms with Gasteiger partial charge in [0.2, 0.25) is 0 Å². The second-order valence-corrected chi connectivity index (χ2v) is 3.83. The van der Waals surface area contributed by atoms with Gasteiger partial charge < -0.3 is 0 Å². The van der Waals surface area contributed by atoms with E-state index in [4.69, 9.17) is 0 Å². The van der Waals surface area contributed by atoms with Crippen LogP contribution in [0.1, 0.15) is 25.0 Å². The third-order valence-corrected chi connectivity index (χ3v) is 2.56. The first-order valence-electron chi connectivity index (χ1n) is 6.00. The van der Waals surface area contributed by atoms with Crippen molar-refractivity contribution in [1.82, 2.24) is 0 Å². The number of hydrogen-bond acceptors (Lipinski definition) is 0. The summed E-state index contributed by atoms with van der Waals surface area (Å²) < 4.78 is 13.3. The lowest BCUT2D eigenvalue weighted by Crippen LogP contribution is -1.84. The Morgan fingerprint density at radius 1 is 0.765 bits per heavy atom. The number of rotatable bonds is 1. The molecule has 1 heteroatoms. The Balaban J connectivity index is 0.000000686. The van der Waals surface area contributed by atoms with Gasteiger partial charge >= 0.3 is 0 Å². The van der Waals surface area contributed by atoms with E-state index in [9.17, 15) is 4.39 Å². The van der Waals surface area contributed by atoms with E-state index in [0.29, 0.717) is 5.56 Å². The molecule has 2 aromatic carbocycles. The molecule has 0 aliphatic heterocycles. The van der Waals surface area contributed by atoms with E-state index in [2.05, 4.69) is 0 Å². The van der Waals surface area contributed by atoms with Crippen LogP contribution in [-0.2, 0) is 0 Å². The SMILES string of the molecule is CC.Cc1ccc(-c2ccc(C)c(F)c2)cc1. The molecule has 0 saturated heterocycles. The first kappa shape index (κ1) is 13.4. The van der Waals surface area contributed by atoms with Gasteiger partial charge in [0.15, 0.2) is 0 Å². The van der Waals surface area contributed by atoms with Gasteiger partial charge in [0.25, 0.3) is 0 Å². The van der Waals surface area contributed by atoms with Gasteiger partial charge in [0, 0.05) is 0 Å². The van der Waals surface area contributed by atoms with Crippen molar-refractivity contribution in [3.05, 3.63) is 59.4 Å². The van der Waals surface area contributed by atoms with E-state index in [1.165, 1.54) is 5.56 Å². The largest absolute Gasteiger partial charge is 0.207 e. The van der Waals surface area contributed by atoms with E-state index >= 15 is 0 Å². The lowest BCUT2D eigenvalue weighted by molar-refractivity contribution is 0.619. The minimum atomic E-state index is -0.145. The predicted octanol–water partition coefficient (Wildman–Crippen LogP) is 5.14. The minimum absolute atomic E-state index is 0.145. The molecule has 0 saturated carbocycles. The van der Waals surface area contributed by atoms with Crippen LogP contribution in [0.25, 0.3) is 11.1 Å². The normalized spacial score (nSPS) is 9.47. The van der Waals surface area contributed by atoms with Gasteiger partial charge in [0.1, 0.15) is 5.82 Å².